The summed E-state index contributed by atoms with van der Waals surface area (Å²) < 4.78 is 16.4. The van der Waals surface area contributed by atoms with Gasteiger partial charge < -0.3 is 20.4 Å². The van der Waals surface area contributed by atoms with Crippen LogP contribution in [-0.4, -0.2) is 64.6 Å². The first-order valence-corrected chi connectivity index (χ1v) is 17.9. The fraction of sp³-hybridized carbons (Fsp3) is 0.474. The lowest BCUT2D eigenvalue weighted by atomic mass is 9.71. The molecule has 49 heavy (non-hydrogen) atoms. The highest BCUT2D eigenvalue weighted by atomic mass is 35.5. The SMILES string of the molecule is CCC(=O)NC1CCC(n2c(=O)c(-c3cccc(F)c3Cl)c(C)c3cnc(Nc4ccc(N5CC6(CCN(C)CC6)C5)c(C)c4)nc32)CC1. The quantitative estimate of drug-likeness (QED) is 0.213. The molecule has 1 amide bonds. The third-order valence-corrected chi connectivity index (χ3v) is 11.5. The van der Waals surface area contributed by atoms with Crippen molar-refractivity contribution in [1.29, 1.82) is 0 Å². The molecule has 0 atom stereocenters. The summed E-state index contributed by atoms with van der Waals surface area (Å²) in [6.07, 6.45) is 7.55. The van der Waals surface area contributed by atoms with Crippen molar-refractivity contribution in [2.24, 2.45) is 5.41 Å². The Morgan fingerprint density at radius 1 is 1.08 bits per heavy atom. The molecule has 3 aliphatic rings. The van der Waals surface area contributed by atoms with Crippen LogP contribution in [0.2, 0.25) is 5.02 Å². The molecule has 1 aliphatic carbocycles. The van der Waals surface area contributed by atoms with Crippen molar-refractivity contribution in [3.8, 4) is 11.1 Å². The Hall–Kier alpha value is -4.02. The summed E-state index contributed by atoms with van der Waals surface area (Å²) in [5, 5.41) is 7.11. The van der Waals surface area contributed by atoms with Crippen molar-refractivity contribution in [3.05, 3.63) is 74.9 Å². The Bertz CT molecular complexity index is 1960. The van der Waals surface area contributed by atoms with Gasteiger partial charge in [-0.2, -0.15) is 4.98 Å². The molecule has 3 fully saturated rings. The molecule has 4 aromatic rings. The van der Waals surface area contributed by atoms with Gasteiger partial charge >= 0.3 is 0 Å². The van der Waals surface area contributed by atoms with Gasteiger partial charge in [0.05, 0.1) is 10.6 Å². The zero-order valence-corrected chi connectivity index (χ0v) is 29.5. The number of hydrogen-bond donors (Lipinski definition) is 2. The van der Waals surface area contributed by atoms with E-state index in [4.69, 9.17) is 16.6 Å². The molecule has 258 valence electrons. The minimum absolute atomic E-state index is 0.0298. The summed E-state index contributed by atoms with van der Waals surface area (Å²) in [5.74, 6) is -0.159. The summed E-state index contributed by atoms with van der Waals surface area (Å²) in [6, 6.07) is 10.8. The van der Waals surface area contributed by atoms with Crippen molar-refractivity contribution < 1.29 is 9.18 Å². The lowest BCUT2D eigenvalue weighted by Crippen LogP contribution is -2.60. The average molecular weight is 686 g/mol. The van der Waals surface area contributed by atoms with Crippen LogP contribution >= 0.6 is 11.6 Å². The number of aromatic nitrogens is 3. The average Bonchev–Trinajstić information content (AvgIpc) is 3.07. The fourth-order valence-corrected chi connectivity index (χ4v) is 8.33. The number of piperidine rings is 1. The molecule has 2 saturated heterocycles. The Labute approximate surface area is 291 Å². The van der Waals surface area contributed by atoms with Gasteiger partial charge in [-0.15, -0.1) is 0 Å². The molecule has 9 nitrogen and oxygen atoms in total. The smallest absolute Gasteiger partial charge is 0.260 e. The molecular weight excluding hydrogens is 641 g/mol. The Morgan fingerprint density at radius 2 is 1.82 bits per heavy atom. The van der Waals surface area contributed by atoms with Gasteiger partial charge in [0.2, 0.25) is 11.9 Å². The number of rotatable bonds is 7. The summed E-state index contributed by atoms with van der Waals surface area (Å²) in [5.41, 5.74) is 5.37. The largest absolute Gasteiger partial charge is 0.370 e. The van der Waals surface area contributed by atoms with E-state index in [0.29, 0.717) is 58.3 Å². The second-order valence-corrected chi connectivity index (χ2v) is 14.8. The monoisotopic (exact) mass is 685 g/mol. The van der Waals surface area contributed by atoms with Crippen molar-refractivity contribution in [2.45, 2.75) is 77.8 Å². The summed E-state index contributed by atoms with van der Waals surface area (Å²) >= 11 is 6.45. The third kappa shape index (κ3) is 6.41. The fourth-order valence-electron chi connectivity index (χ4n) is 8.11. The van der Waals surface area contributed by atoms with Crippen LogP contribution in [0.4, 0.5) is 21.7 Å². The summed E-state index contributed by atoms with van der Waals surface area (Å²) in [7, 11) is 2.21. The molecule has 0 bridgehead atoms. The molecule has 1 saturated carbocycles. The van der Waals surface area contributed by atoms with Crippen molar-refractivity contribution in [3.63, 3.8) is 0 Å². The van der Waals surface area contributed by atoms with Crippen molar-refractivity contribution >= 4 is 45.9 Å². The lowest BCUT2D eigenvalue weighted by Gasteiger charge is -2.55. The lowest BCUT2D eigenvalue weighted by molar-refractivity contribution is -0.121. The number of pyridine rings is 1. The number of carbonyl (C=O) groups is 1. The van der Waals surface area contributed by atoms with Crippen molar-refractivity contribution in [1.82, 2.24) is 24.8 Å². The number of amides is 1. The van der Waals surface area contributed by atoms with Crippen LogP contribution in [0.3, 0.4) is 0 Å². The highest BCUT2D eigenvalue weighted by Gasteiger charge is 2.44. The standard InChI is InChI=1S/C38H45ClFN7O2/c1-5-32(48)42-25-9-12-27(13-10-25)47-35-29(24(3)33(36(47)49)28-7-6-8-30(40)34(28)39)20-41-37(44-35)43-26-11-14-31(23(2)19-26)46-21-38(22-46)15-17-45(4)18-16-38/h6-8,11,14,19-20,25,27H,5,9-10,12-13,15-18,21-22H2,1-4H3,(H,42,48)(H,41,43,44). The first-order valence-electron chi connectivity index (χ1n) is 17.5. The van der Waals surface area contributed by atoms with Gasteiger partial charge in [0.1, 0.15) is 11.5 Å². The van der Waals surface area contributed by atoms with Gasteiger partial charge in [-0.05, 0) is 108 Å². The summed E-state index contributed by atoms with van der Waals surface area (Å²) in [4.78, 5) is 41.1. The van der Waals surface area contributed by atoms with E-state index in [2.05, 4.69) is 57.6 Å². The Balaban J connectivity index is 1.20. The molecule has 0 unspecified atom stereocenters. The number of halogens is 2. The minimum Gasteiger partial charge on any atom is -0.370 e. The van der Waals surface area contributed by atoms with Gasteiger partial charge in [0.25, 0.3) is 5.56 Å². The van der Waals surface area contributed by atoms with Crippen LogP contribution in [0.1, 0.15) is 69.0 Å². The van der Waals surface area contributed by atoms with E-state index in [1.54, 1.807) is 22.9 Å². The minimum atomic E-state index is -0.579. The maximum absolute atomic E-state index is 14.6. The van der Waals surface area contributed by atoms with Gasteiger partial charge in [-0.1, -0.05) is 30.7 Å². The molecule has 0 radical (unpaired) electrons. The molecule has 2 aromatic carbocycles. The normalized spacial score (nSPS) is 20.7. The predicted molar refractivity (Wildman–Crippen MR) is 195 cm³/mol. The molecule has 2 aliphatic heterocycles. The summed E-state index contributed by atoms with van der Waals surface area (Å²) in [6.45, 7) is 10.4. The van der Waals surface area contributed by atoms with Crippen LogP contribution in [0.25, 0.3) is 22.2 Å². The third-order valence-electron chi connectivity index (χ3n) is 11.1. The number of nitrogens with zero attached hydrogens (tertiary/aromatic N) is 5. The first kappa shape index (κ1) is 33.5. The number of likely N-dealkylation sites (tertiary alicyclic amines) is 1. The highest BCUT2D eigenvalue weighted by molar-refractivity contribution is 6.33. The van der Waals surface area contributed by atoms with E-state index in [-0.39, 0.29) is 28.6 Å². The zero-order chi connectivity index (χ0) is 34.4. The van der Waals surface area contributed by atoms with Gasteiger partial charge in [0, 0.05) is 65.5 Å². The van der Waals surface area contributed by atoms with Gasteiger partial charge in [-0.3, -0.25) is 14.2 Å². The van der Waals surface area contributed by atoms with E-state index < -0.39 is 5.82 Å². The maximum Gasteiger partial charge on any atom is 0.260 e. The molecule has 4 heterocycles. The zero-order valence-electron chi connectivity index (χ0n) is 28.8. The number of fused-ring (bicyclic) bond motifs is 1. The van der Waals surface area contributed by atoms with Gasteiger partial charge in [0.15, 0.2) is 0 Å². The van der Waals surface area contributed by atoms with E-state index in [1.165, 1.54) is 43.2 Å². The number of hydrogen-bond acceptors (Lipinski definition) is 7. The topological polar surface area (TPSA) is 95.4 Å². The van der Waals surface area contributed by atoms with Crippen LogP contribution in [0.5, 0.6) is 0 Å². The number of benzene rings is 2. The maximum atomic E-state index is 14.6. The molecule has 11 heteroatoms. The molecule has 1 spiro atoms. The Morgan fingerprint density at radius 3 is 2.51 bits per heavy atom. The van der Waals surface area contributed by atoms with Crippen LogP contribution < -0.4 is 21.1 Å². The second kappa shape index (κ2) is 13.4. The molecule has 2 N–H and O–H groups in total. The highest BCUT2D eigenvalue weighted by Crippen LogP contribution is 2.43. The van der Waals surface area contributed by atoms with E-state index in [0.717, 1.165) is 31.6 Å². The van der Waals surface area contributed by atoms with Crippen molar-refractivity contribution in [2.75, 3.05) is 43.4 Å². The van der Waals surface area contributed by atoms with Crippen LogP contribution in [0.15, 0.2) is 47.4 Å². The van der Waals surface area contributed by atoms with Crippen LogP contribution in [0, 0.1) is 25.1 Å². The van der Waals surface area contributed by atoms with E-state index in [9.17, 15) is 14.0 Å². The predicted octanol–water partition coefficient (Wildman–Crippen LogP) is 7.15. The molecule has 7 rings (SSSR count). The number of nitrogens with one attached hydrogen (secondary N) is 2. The van der Waals surface area contributed by atoms with Crippen LogP contribution in [-0.2, 0) is 4.79 Å². The number of carbonyl (C=O) groups excluding carboxylic acids is 1. The Kier molecular flexibility index (Phi) is 9.13. The first-order chi connectivity index (χ1) is 23.6. The molecular formula is C38H45ClFN7O2. The number of anilines is 3. The van der Waals surface area contributed by atoms with Gasteiger partial charge in [-0.25, -0.2) is 9.37 Å². The van der Waals surface area contributed by atoms with E-state index >= 15 is 0 Å². The van der Waals surface area contributed by atoms with E-state index in [1.807, 2.05) is 13.8 Å². The second-order valence-electron chi connectivity index (χ2n) is 14.4. The number of aryl methyl sites for hydroxylation is 2. The molecule has 2 aromatic heterocycles.